The van der Waals surface area contributed by atoms with Crippen molar-refractivity contribution in [1.82, 2.24) is 0 Å². The maximum Gasteiger partial charge on any atom is 0.179 e. The second kappa shape index (κ2) is 4.73. The molecule has 0 amide bonds. The molecule has 1 rings (SSSR count). The Morgan fingerprint density at radius 2 is 2.20 bits per heavy atom. The minimum Gasteiger partial charge on any atom is -0.504 e. The number of aromatic hydroxyl groups is 1. The summed E-state index contributed by atoms with van der Waals surface area (Å²) < 4.78 is 5.03. The van der Waals surface area contributed by atoms with Gasteiger partial charge in [0.1, 0.15) is 0 Å². The van der Waals surface area contributed by atoms with E-state index in [0.717, 1.165) is 11.1 Å². The standard InChI is InChI=1S/C11H16ClNO2/c1-6-4-9(12)11(15-3)10(14)8(6)5-7(2)13/h4,7,14H,5,13H2,1-3H3. The molecule has 1 unspecified atom stereocenters. The van der Waals surface area contributed by atoms with Gasteiger partial charge >= 0.3 is 0 Å². The number of phenols is 1. The predicted octanol–water partition coefficient (Wildman–Crippen LogP) is 2.25. The number of hydrogen-bond donors (Lipinski definition) is 2. The Bertz CT molecular complexity index is 364. The molecule has 0 spiro atoms. The topological polar surface area (TPSA) is 55.5 Å². The number of aryl methyl sites for hydroxylation is 1. The van der Waals surface area contributed by atoms with E-state index < -0.39 is 0 Å². The molecular formula is C11H16ClNO2. The number of ether oxygens (including phenoxy) is 1. The van der Waals surface area contributed by atoms with Crippen LogP contribution in [-0.4, -0.2) is 18.3 Å². The summed E-state index contributed by atoms with van der Waals surface area (Å²) in [5, 5.41) is 10.4. The van der Waals surface area contributed by atoms with Crippen molar-refractivity contribution in [2.24, 2.45) is 5.73 Å². The zero-order valence-electron chi connectivity index (χ0n) is 9.17. The van der Waals surface area contributed by atoms with Crippen LogP contribution in [0, 0.1) is 6.92 Å². The molecule has 1 aromatic rings. The summed E-state index contributed by atoms with van der Waals surface area (Å²) in [6, 6.07) is 1.76. The first-order chi connectivity index (χ1) is 6.97. The molecule has 1 atom stereocenters. The number of rotatable bonds is 3. The van der Waals surface area contributed by atoms with Crippen LogP contribution in [0.2, 0.25) is 5.02 Å². The average Bonchev–Trinajstić information content (AvgIpc) is 2.12. The van der Waals surface area contributed by atoms with E-state index in [1.165, 1.54) is 7.11 Å². The Labute approximate surface area is 94.8 Å². The van der Waals surface area contributed by atoms with Gasteiger partial charge in [-0.25, -0.2) is 0 Å². The second-order valence-electron chi connectivity index (χ2n) is 3.72. The quantitative estimate of drug-likeness (QED) is 0.836. The largest absolute Gasteiger partial charge is 0.504 e. The minimum absolute atomic E-state index is 0.0134. The summed E-state index contributed by atoms with van der Waals surface area (Å²) in [5.74, 6) is 0.415. The third kappa shape index (κ3) is 2.55. The lowest BCUT2D eigenvalue weighted by Crippen LogP contribution is -2.18. The van der Waals surface area contributed by atoms with Crippen molar-refractivity contribution >= 4 is 11.6 Å². The molecule has 1 aromatic carbocycles. The fourth-order valence-electron chi connectivity index (χ4n) is 1.55. The van der Waals surface area contributed by atoms with Crippen LogP contribution < -0.4 is 10.5 Å². The molecule has 15 heavy (non-hydrogen) atoms. The molecule has 0 radical (unpaired) electrons. The molecule has 0 fully saturated rings. The number of benzene rings is 1. The maximum absolute atomic E-state index is 9.93. The van der Waals surface area contributed by atoms with E-state index in [0.29, 0.717) is 17.2 Å². The number of halogens is 1. The number of hydrogen-bond acceptors (Lipinski definition) is 3. The van der Waals surface area contributed by atoms with Crippen molar-refractivity contribution in [3.63, 3.8) is 0 Å². The Balaban J connectivity index is 3.26. The van der Waals surface area contributed by atoms with Crippen LogP contribution in [-0.2, 0) is 6.42 Å². The number of methoxy groups -OCH3 is 1. The highest BCUT2D eigenvalue weighted by Crippen LogP contribution is 2.39. The van der Waals surface area contributed by atoms with Gasteiger partial charge in [0.25, 0.3) is 0 Å². The van der Waals surface area contributed by atoms with E-state index in [9.17, 15) is 5.11 Å². The van der Waals surface area contributed by atoms with Gasteiger partial charge in [0.05, 0.1) is 12.1 Å². The minimum atomic E-state index is -0.0134. The first-order valence-electron chi connectivity index (χ1n) is 4.77. The van der Waals surface area contributed by atoms with Crippen LogP contribution in [0.15, 0.2) is 6.07 Å². The van der Waals surface area contributed by atoms with Crippen molar-refractivity contribution in [3.8, 4) is 11.5 Å². The molecule has 0 saturated heterocycles. The SMILES string of the molecule is COc1c(Cl)cc(C)c(CC(C)N)c1O. The summed E-state index contributed by atoms with van der Waals surface area (Å²) in [5.41, 5.74) is 7.43. The lowest BCUT2D eigenvalue weighted by atomic mass is 10.0. The fourth-order valence-corrected chi connectivity index (χ4v) is 1.88. The van der Waals surface area contributed by atoms with Crippen LogP contribution in [0.5, 0.6) is 11.5 Å². The van der Waals surface area contributed by atoms with Crippen molar-refractivity contribution in [1.29, 1.82) is 0 Å². The summed E-state index contributed by atoms with van der Waals surface area (Å²) in [6.45, 7) is 3.78. The van der Waals surface area contributed by atoms with Gasteiger partial charge in [0.2, 0.25) is 0 Å². The van der Waals surface area contributed by atoms with Crippen LogP contribution in [0.25, 0.3) is 0 Å². The van der Waals surface area contributed by atoms with Gasteiger partial charge in [-0.3, -0.25) is 0 Å². The van der Waals surface area contributed by atoms with Crippen LogP contribution in [0.3, 0.4) is 0 Å². The Kier molecular flexibility index (Phi) is 3.83. The summed E-state index contributed by atoms with van der Waals surface area (Å²) in [4.78, 5) is 0. The lowest BCUT2D eigenvalue weighted by Gasteiger charge is -2.15. The average molecular weight is 230 g/mol. The highest BCUT2D eigenvalue weighted by atomic mass is 35.5. The molecule has 0 aliphatic heterocycles. The van der Waals surface area contributed by atoms with Crippen LogP contribution in [0.1, 0.15) is 18.1 Å². The Morgan fingerprint density at radius 3 is 2.67 bits per heavy atom. The van der Waals surface area contributed by atoms with Crippen molar-refractivity contribution < 1.29 is 9.84 Å². The second-order valence-corrected chi connectivity index (χ2v) is 4.12. The summed E-state index contributed by atoms with van der Waals surface area (Å²) >= 11 is 5.93. The van der Waals surface area contributed by atoms with E-state index in [2.05, 4.69) is 0 Å². The van der Waals surface area contributed by atoms with Gasteiger partial charge < -0.3 is 15.6 Å². The van der Waals surface area contributed by atoms with Gasteiger partial charge in [-0.1, -0.05) is 11.6 Å². The zero-order chi connectivity index (χ0) is 11.6. The van der Waals surface area contributed by atoms with Gasteiger partial charge in [0.15, 0.2) is 11.5 Å². The fraction of sp³-hybridized carbons (Fsp3) is 0.455. The highest BCUT2D eigenvalue weighted by Gasteiger charge is 2.16. The van der Waals surface area contributed by atoms with E-state index in [4.69, 9.17) is 22.1 Å². The normalized spacial score (nSPS) is 12.6. The molecule has 0 saturated carbocycles. The smallest absolute Gasteiger partial charge is 0.179 e. The third-order valence-electron chi connectivity index (χ3n) is 2.27. The monoisotopic (exact) mass is 229 g/mol. The zero-order valence-corrected chi connectivity index (χ0v) is 9.93. The van der Waals surface area contributed by atoms with Crippen molar-refractivity contribution in [2.75, 3.05) is 7.11 Å². The number of nitrogens with two attached hydrogens (primary N) is 1. The van der Waals surface area contributed by atoms with E-state index in [1.54, 1.807) is 6.07 Å². The number of phenolic OH excluding ortho intramolecular Hbond substituents is 1. The summed E-state index contributed by atoms with van der Waals surface area (Å²) in [7, 11) is 1.48. The van der Waals surface area contributed by atoms with Crippen LogP contribution >= 0.6 is 11.6 Å². The summed E-state index contributed by atoms with van der Waals surface area (Å²) in [6.07, 6.45) is 0.602. The molecule has 0 heterocycles. The van der Waals surface area contributed by atoms with E-state index >= 15 is 0 Å². The van der Waals surface area contributed by atoms with Gasteiger partial charge in [-0.15, -0.1) is 0 Å². The predicted molar refractivity (Wildman–Crippen MR) is 61.8 cm³/mol. The molecule has 0 bridgehead atoms. The third-order valence-corrected chi connectivity index (χ3v) is 2.55. The molecule has 0 aliphatic carbocycles. The van der Waals surface area contributed by atoms with Gasteiger partial charge in [-0.2, -0.15) is 0 Å². The highest BCUT2D eigenvalue weighted by molar-refractivity contribution is 6.32. The molecule has 84 valence electrons. The van der Waals surface area contributed by atoms with Gasteiger partial charge in [-0.05, 0) is 31.9 Å². The first kappa shape index (κ1) is 12.1. The molecule has 0 aromatic heterocycles. The lowest BCUT2D eigenvalue weighted by molar-refractivity contribution is 0.370. The van der Waals surface area contributed by atoms with Gasteiger partial charge in [0, 0.05) is 11.6 Å². The molecular weight excluding hydrogens is 214 g/mol. The maximum atomic E-state index is 9.93. The first-order valence-corrected chi connectivity index (χ1v) is 5.15. The molecule has 0 aliphatic rings. The van der Waals surface area contributed by atoms with E-state index in [-0.39, 0.29) is 11.8 Å². The Hall–Kier alpha value is -0.930. The van der Waals surface area contributed by atoms with Crippen molar-refractivity contribution in [2.45, 2.75) is 26.3 Å². The van der Waals surface area contributed by atoms with Crippen LogP contribution in [0.4, 0.5) is 0 Å². The molecule has 3 nitrogen and oxygen atoms in total. The molecule has 4 heteroatoms. The molecule has 3 N–H and O–H groups in total. The van der Waals surface area contributed by atoms with E-state index in [1.807, 2.05) is 13.8 Å². The Morgan fingerprint density at radius 1 is 1.60 bits per heavy atom. The van der Waals surface area contributed by atoms with Crippen molar-refractivity contribution in [3.05, 3.63) is 22.2 Å².